The topological polar surface area (TPSA) is 48.0 Å². The highest BCUT2D eigenvalue weighted by Gasteiger charge is 2.17. The van der Waals surface area contributed by atoms with E-state index in [0.717, 1.165) is 16.8 Å². The van der Waals surface area contributed by atoms with Crippen molar-refractivity contribution in [1.82, 2.24) is 9.72 Å². The Morgan fingerprint density at radius 1 is 1.00 bits per heavy atom. The van der Waals surface area contributed by atoms with Crippen LogP contribution < -0.4 is 5.56 Å². The van der Waals surface area contributed by atoms with E-state index in [1.54, 1.807) is 23.7 Å². The minimum absolute atomic E-state index is 0.141. The van der Waals surface area contributed by atoms with E-state index in [0.29, 0.717) is 21.7 Å². The maximum absolute atomic E-state index is 12.9. The van der Waals surface area contributed by atoms with Crippen molar-refractivity contribution in [1.29, 1.82) is 0 Å². The summed E-state index contributed by atoms with van der Waals surface area (Å²) in [5.74, 6) is 0. The molecule has 0 saturated carbocycles. The highest BCUT2D eigenvalue weighted by molar-refractivity contribution is 6.30. The lowest BCUT2D eigenvalue weighted by Crippen LogP contribution is -2.18. The lowest BCUT2D eigenvalue weighted by Gasteiger charge is -2.08. The van der Waals surface area contributed by atoms with Crippen LogP contribution in [0, 0.1) is 0 Å². The van der Waals surface area contributed by atoms with Crippen molar-refractivity contribution in [3.63, 3.8) is 0 Å². The molecule has 0 aliphatic heterocycles. The van der Waals surface area contributed by atoms with Gasteiger partial charge in [0, 0.05) is 23.7 Å². The van der Waals surface area contributed by atoms with Gasteiger partial charge in [-0.15, -0.1) is 0 Å². The molecule has 0 fully saturated rings. The van der Waals surface area contributed by atoms with Gasteiger partial charge in [0.05, 0.1) is 5.69 Å². The van der Waals surface area contributed by atoms with E-state index >= 15 is 0 Å². The zero-order chi connectivity index (χ0) is 16.7. The van der Waals surface area contributed by atoms with E-state index in [4.69, 9.17) is 16.1 Å². The predicted octanol–water partition coefficient (Wildman–Crippen LogP) is 4.51. The third kappa shape index (κ3) is 2.32. The molecule has 0 amide bonds. The highest BCUT2D eigenvalue weighted by Crippen LogP contribution is 2.29. The van der Waals surface area contributed by atoms with Crippen LogP contribution >= 0.6 is 11.6 Å². The summed E-state index contributed by atoms with van der Waals surface area (Å²) in [7, 11) is 1.75. The average molecular weight is 337 g/mol. The molecule has 4 rings (SSSR count). The fourth-order valence-corrected chi connectivity index (χ4v) is 2.92. The van der Waals surface area contributed by atoms with Crippen LogP contribution in [0.3, 0.4) is 0 Å². The molecule has 0 unspecified atom stereocenters. The van der Waals surface area contributed by atoms with Gasteiger partial charge in [0.1, 0.15) is 11.1 Å². The Bertz CT molecular complexity index is 1080. The molecule has 5 heteroatoms. The van der Waals surface area contributed by atoms with Crippen LogP contribution in [0.1, 0.15) is 0 Å². The SMILES string of the molecule is Cn1c(-c2ccccc2)cc2onc(-c3ccc(Cl)cc3)c2c1=O. The van der Waals surface area contributed by atoms with Crippen molar-refractivity contribution in [3.8, 4) is 22.5 Å². The highest BCUT2D eigenvalue weighted by atomic mass is 35.5. The van der Waals surface area contributed by atoms with Crippen molar-refractivity contribution >= 4 is 22.6 Å². The van der Waals surface area contributed by atoms with Crippen molar-refractivity contribution < 1.29 is 4.52 Å². The number of hydrogen-bond acceptors (Lipinski definition) is 3. The Morgan fingerprint density at radius 3 is 2.42 bits per heavy atom. The maximum Gasteiger partial charge on any atom is 0.264 e. The normalized spacial score (nSPS) is 11.1. The number of rotatable bonds is 2. The smallest absolute Gasteiger partial charge is 0.264 e. The Labute approximate surface area is 142 Å². The average Bonchev–Trinajstić information content (AvgIpc) is 3.03. The number of hydrogen-bond donors (Lipinski definition) is 0. The second-order valence-corrected chi connectivity index (χ2v) is 5.97. The molecule has 0 radical (unpaired) electrons. The summed E-state index contributed by atoms with van der Waals surface area (Å²) in [5.41, 5.74) is 3.39. The van der Waals surface area contributed by atoms with E-state index in [-0.39, 0.29) is 5.56 Å². The van der Waals surface area contributed by atoms with E-state index in [2.05, 4.69) is 5.16 Å². The first-order chi connectivity index (χ1) is 11.6. The first kappa shape index (κ1) is 14.7. The summed E-state index contributed by atoms with van der Waals surface area (Å²) in [6.07, 6.45) is 0. The molecule has 0 saturated heterocycles. The van der Waals surface area contributed by atoms with Gasteiger partial charge in [0.25, 0.3) is 5.56 Å². The monoisotopic (exact) mass is 336 g/mol. The minimum atomic E-state index is -0.141. The molecule has 0 aliphatic rings. The lowest BCUT2D eigenvalue weighted by atomic mass is 10.1. The Balaban J connectivity index is 1.97. The van der Waals surface area contributed by atoms with Gasteiger partial charge < -0.3 is 9.09 Å². The zero-order valence-corrected chi connectivity index (χ0v) is 13.6. The minimum Gasteiger partial charge on any atom is -0.355 e. The maximum atomic E-state index is 12.9. The van der Waals surface area contributed by atoms with Gasteiger partial charge >= 0.3 is 0 Å². The second kappa shape index (κ2) is 5.65. The van der Waals surface area contributed by atoms with Crippen LogP contribution in [-0.4, -0.2) is 9.72 Å². The molecule has 2 aromatic heterocycles. The summed E-state index contributed by atoms with van der Waals surface area (Å²) in [6, 6.07) is 18.7. The molecule has 4 nitrogen and oxygen atoms in total. The number of aromatic nitrogens is 2. The first-order valence-electron chi connectivity index (χ1n) is 7.46. The molecule has 118 valence electrons. The lowest BCUT2D eigenvalue weighted by molar-refractivity contribution is 0.459. The van der Waals surface area contributed by atoms with Gasteiger partial charge in [-0.1, -0.05) is 59.2 Å². The number of fused-ring (bicyclic) bond motifs is 1. The fourth-order valence-electron chi connectivity index (χ4n) is 2.80. The molecular formula is C19H13ClN2O2. The molecular weight excluding hydrogens is 324 g/mol. The van der Waals surface area contributed by atoms with Gasteiger partial charge in [-0.25, -0.2) is 0 Å². The summed E-state index contributed by atoms with van der Waals surface area (Å²) in [6.45, 7) is 0. The number of halogens is 1. The molecule has 0 atom stereocenters. The molecule has 0 spiro atoms. The summed E-state index contributed by atoms with van der Waals surface area (Å²) in [5, 5.41) is 5.20. The quantitative estimate of drug-likeness (QED) is 0.541. The standard InChI is InChI=1S/C19H13ClN2O2/c1-22-15(12-5-3-2-4-6-12)11-16-17(19(22)23)18(21-24-16)13-7-9-14(20)10-8-13/h2-11H,1H3. The molecule has 0 N–H and O–H groups in total. The van der Waals surface area contributed by atoms with E-state index in [1.165, 1.54) is 0 Å². The van der Waals surface area contributed by atoms with E-state index in [1.807, 2.05) is 48.5 Å². The number of nitrogens with zero attached hydrogens (tertiary/aromatic N) is 2. The van der Waals surface area contributed by atoms with Gasteiger partial charge in [-0.3, -0.25) is 4.79 Å². The van der Waals surface area contributed by atoms with Crippen LogP contribution in [0.15, 0.2) is 70.0 Å². The molecule has 24 heavy (non-hydrogen) atoms. The molecule has 4 aromatic rings. The third-order valence-corrected chi connectivity index (χ3v) is 4.31. The second-order valence-electron chi connectivity index (χ2n) is 5.54. The largest absolute Gasteiger partial charge is 0.355 e. The Hall–Kier alpha value is -2.85. The van der Waals surface area contributed by atoms with Crippen molar-refractivity contribution in [2.45, 2.75) is 0 Å². The molecule has 2 heterocycles. The van der Waals surface area contributed by atoms with Gasteiger partial charge in [0.2, 0.25) is 0 Å². The molecule has 0 aliphatic carbocycles. The van der Waals surface area contributed by atoms with Crippen molar-refractivity contribution in [2.24, 2.45) is 7.05 Å². The van der Waals surface area contributed by atoms with Gasteiger partial charge in [-0.05, 0) is 17.7 Å². The van der Waals surface area contributed by atoms with Crippen molar-refractivity contribution in [2.75, 3.05) is 0 Å². The van der Waals surface area contributed by atoms with Crippen LogP contribution in [0.5, 0.6) is 0 Å². The van der Waals surface area contributed by atoms with Crippen LogP contribution in [0.4, 0.5) is 0 Å². The summed E-state index contributed by atoms with van der Waals surface area (Å²) < 4.78 is 7.05. The molecule has 0 bridgehead atoms. The van der Waals surface area contributed by atoms with Crippen LogP contribution in [0.2, 0.25) is 5.02 Å². The fraction of sp³-hybridized carbons (Fsp3) is 0.0526. The summed E-state index contributed by atoms with van der Waals surface area (Å²) in [4.78, 5) is 12.9. The van der Waals surface area contributed by atoms with E-state index < -0.39 is 0 Å². The zero-order valence-electron chi connectivity index (χ0n) is 12.9. The van der Waals surface area contributed by atoms with Gasteiger partial charge in [-0.2, -0.15) is 0 Å². The van der Waals surface area contributed by atoms with Crippen LogP contribution in [0.25, 0.3) is 33.5 Å². The predicted molar refractivity (Wildman–Crippen MR) is 95.1 cm³/mol. The van der Waals surface area contributed by atoms with Gasteiger partial charge in [0.15, 0.2) is 5.58 Å². The first-order valence-corrected chi connectivity index (χ1v) is 7.84. The van der Waals surface area contributed by atoms with Crippen LogP contribution in [-0.2, 0) is 7.05 Å². The Morgan fingerprint density at radius 2 is 1.71 bits per heavy atom. The summed E-state index contributed by atoms with van der Waals surface area (Å²) >= 11 is 5.93. The van der Waals surface area contributed by atoms with Crippen molar-refractivity contribution in [3.05, 3.63) is 76.0 Å². The number of benzene rings is 2. The molecule has 2 aromatic carbocycles. The number of pyridine rings is 1. The Kier molecular flexibility index (Phi) is 3.47. The third-order valence-electron chi connectivity index (χ3n) is 4.05. The van der Waals surface area contributed by atoms with E-state index in [9.17, 15) is 4.79 Å².